The molecule has 0 atom stereocenters. The van der Waals surface area contributed by atoms with E-state index < -0.39 is 0 Å². The van der Waals surface area contributed by atoms with E-state index in [0.717, 1.165) is 28.7 Å². The van der Waals surface area contributed by atoms with Crippen LogP contribution in [-0.4, -0.2) is 16.6 Å². The van der Waals surface area contributed by atoms with E-state index in [-0.39, 0.29) is 17.2 Å². The Morgan fingerprint density at radius 3 is 2.11 bits per heavy atom. The van der Waals surface area contributed by atoms with Gasteiger partial charge in [0.2, 0.25) is 0 Å². The Balaban J connectivity index is 1.62. The van der Waals surface area contributed by atoms with E-state index in [2.05, 4.69) is 17.4 Å². The van der Waals surface area contributed by atoms with Crippen LogP contribution in [0.5, 0.6) is 5.75 Å². The maximum absolute atomic E-state index is 12.5. The van der Waals surface area contributed by atoms with Crippen LogP contribution in [0.1, 0.15) is 35.3 Å². The molecule has 3 aromatic rings. The highest BCUT2D eigenvalue weighted by Crippen LogP contribution is 2.22. The largest absolute Gasteiger partial charge is 0.508 e. The molecule has 0 saturated carbocycles. The molecule has 28 heavy (non-hydrogen) atoms. The second kappa shape index (κ2) is 8.28. The second-order valence-electron chi connectivity index (χ2n) is 7.79. The van der Waals surface area contributed by atoms with Crippen LogP contribution in [0.4, 0.5) is 0 Å². The lowest BCUT2D eigenvalue weighted by atomic mass is 9.95. The molecular weight excluding hydrogens is 348 g/mol. The van der Waals surface area contributed by atoms with Crippen molar-refractivity contribution in [1.82, 2.24) is 5.32 Å². The Hall–Kier alpha value is -3.11. The van der Waals surface area contributed by atoms with Gasteiger partial charge in [-0.25, -0.2) is 0 Å². The standard InChI is InChI=1S/C24H26N2O2/c1-24(2,25)15-17-4-3-5-18(14-17)16-26-23(28)21-8-6-19(7-9-21)20-10-12-22(27)13-11-20/h3-14,27H,15-16,25H2,1-2H3,(H,26,28). The number of phenols is 1. The summed E-state index contributed by atoms with van der Waals surface area (Å²) in [4.78, 5) is 12.5. The Bertz CT molecular complexity index is 940. The highest BCUT2D eigenvalue weighted by molar-refractivity contribution is 5.94. The van der Waals surface area contributed by atoms with Crippen LogP contribution in [0.3, 0.4) is 0 Å². The number of rotatable bonds is 6. The predicted molar refractivity (Wildman–Crippen MR) is 113 cm³/mol. The molecule has 0 aromatic heterocycles. The molecule has 3 aromatic carbocycles. The van der Waals surface area contributed by atoms with Gasteiger partial charge in [-0.15, -0.1) is 0 Å². The zero-order valence-corrected chi connectivity index (χ0v) is 16.3. The van der Waals surface area contributed by atoms with E-state index in [0.29, 0.717) is 12.1 Å². The Kier molecular flexibility index (Phi) is 5.81. The fourth-order valence-corrected chi connectivity index (χ4v) is 3.13. The SMILES string of the molecule is CC(C)(N)Cc1cccc(CNC(=O)c2ccc(-c3ccc(O)cc3)cc2)c1. The van der Waals surface area contributed by atoms with Gasteiger partial charge >= 0.3 is 0 Å². The van der Waals surface area contributed by atoms with Crippen molar-refractivity contribution in [2.45, 2.75) is 32.4 Å². The summed E-state index contributed by atoms with van der Waals surface area (Å²) < 4.78 is 0. The first kappa shape index (κ1) is 19.6. The van der Waals surface area contributed by atoms with E-state index in [1.807, 2.05) is 62.4 Å². The van der Waals surface area contributed by atoms with Crippen molar-refractivity contribution in [2.24, 2.45) is 5.73 Å². The van der Waals surface area contributed by atoms with Crippen molar-refractivity contribution in [1.29, 1.82) is 0 Å². The van der Waals surface area contributed by atoms with E-state index in [9.17, 15) is 9.90 Å². The Morgan fingerprint density at radius 2 is 1.50 bits per heavy atom. The van der Waals surface area contributed by atoms with Gasteiger partial charge in [-0.1, -0.05) is 48.5 Å². The molecule has 0 aliphatic carbocycles. The number of hydrogen-bond acceptors (Lipinski definition) is 3. The third kappa shape index (κ3) is 5.44. The van der Waals surface area contributed by atoms with Crippen LogP contribution in [-0.2, 0) is 13.0 Å². The van der Waals surface area contributed by atoms with Crippen molar-refractivity contribution in [3.05, 3.63) is 89.5 Å². The number of phenolic OH excluding ortho intramolecular Hbond substituents is 1. The molecule has 0 unspecified atom stereocenters. The number of carbonyl (C=O) groups is 1. The summed E-state index contributed by atoms with van der Waals surface area (Å²) in [6.45, 7) is 4.48. The smallest absolute Gasteiger partial charge is 0.251 e. The number of hydrogen-bond donors (Lipinski definition) is 3. The van der Waals surface area contributed by atoms with Crippen molar-refractivity contribution < 1.29 is 9.90 Å². The molecule has 0 fully saturated rings. The molecule has 0 heterocycles. The normalized spacial score (nSPS) is 11.2. The van der Waals surface area contributed by atoms with Crippen LogP contribution in [0.25, 0.3) is 11.1 Å². The first-order valence-corrected chi connectivity index (χ1v) is 9.34. The third-order valence-electron chi connectivity index (χ3n) is 4.45. The van der Waals surface area contributed by atoms with Crippen LogP contribution >= 0.6 is 0 Å². The van der Waals surface area contributed by atoms with Gasteiger partial charge < -0.3 is 16.2 Å². The van der Waals surface area contributed by atoms with Gasteiger partial charge in [0, 0.05) is 17.6 Å². The molecule has 0 aliphatic heterocycles. The van der Waals surface area contributed by atoms with Crippen molar-refractivity contribution in [2.75, 3.05) is 0 Å². The average molecular weight is 374 g/mol. The highest BCUT2D eigenvalue weighted by Gasteiger charge is 2.12. The minimum Gasteiger partial charge on any atom is -0.508 e. The lowest BCUT2D eigenvalue weighted by Crippen LogP contribution is -2.34. The monoisotopic (exact) mass is 374 g/mol. The number of nitrogens with two attached hydrogens (primary N) is 1. The molecule has 4 heteroatoms. The molecular formula is C24H26N2O2. The maximum atomic E-state index is 12.5. The van der Waals surface area contributed by atoms with Gasteiger partial charge in [0.05, 0.1) is 0 Å². The van der Waals surface area contributed by atoms with Crippen molar-refractivity contribution >= 4 is 5.91 Å². The van der Waals surface area contributed by atoms with Crippen LogP contribution in [0.15, 0.2) is 72.8 Å². The Labute approximate surface area is 166 Å². The van der Waals surface area contributed by atoms with Crippen LogP contribution in [0.2, 0.25) is 0 Å². The highest BCUT2D eigenvalue weighted by atomic mass is 16.3. The molecule has 1 amide bonds. The third-order valence-corrected chi connectivity index (χ3v) is 4.45. The predicted octanol–water partition coefficient (Wildman–Crippen LogP) is 4.27. The molecule has 4 N–H and O–H groups in total. The lowest BCUT2D eigenvalue weighted by Gasteiger charge is -2.18. The average Bonchev–Trinajstić information content (AvgIpc) is 2.66. The molecule has 0 spiro atoms. The minimum atomic E-state index is -0.263. The number of amides is 1. The fourth-order valence-electron chi connectivity index (χ4n) is 3.13. The summed E-state index contributed by atoms with van der Waals surface area (Å²) >= 11 is 0. The first-order chi connectivity index (χ1) is 13.3. The summed E-state index contributed by atoms with van der Waals surface area (Å²) in [6, 6.07) is 22.6. The van der Waals surface area contributed by atoms with E-state index in [1.54, 1.807) is 12.1 Å². The van der Waals surface area contributed by atoms with Crippen LogP contribution in [0, 0.1) is 0 Å². The lowest BCUT2D eigenvalue weighted by molar-refractivity contribution is 0.0951. The molecule has 0 aliphatic rings. The number of nitrogens with one attached hydrogen (secondary N) is 1. The van der Waals surface area contributed by atoms with Gasteiger partial charge in [-0.3, -0.25) is 4.79 Å². The molecule has 144 valence electrons. The quantitative estimate of drug-likeness (QED) is 0.603. The van der Waals surface area contributed by atoms with E-state index >= 15 is 0 Å². The zero-order chi connectivity index (χ0) is 20.1. The summed E-state index contributed by atoms with van der Waals surface area (Å²) in [6.07, 6.45) is 0.785. The first-order valence-electron chi connectivity index (χ1n) is 9.34. The number of benzene rings is 3. The van der Waals surface area contributed by atoms with E-state index in [1.165, 1.54) is 0 Å². The molecule has 4 nitrogen and oxygen atoms in total. The summed E-state index contributed by atoms with van der Waals surface area (Å²) in [5.74, 6) is 0.126. The molecule has 3 rings (SSSR count). The molecule has 0 saturated heterocycles. The number of carbonyl (C=O) groups excluding carboxylic acids is 1. The number of aromatic hydroxyl groups is 1. The molecule has 0 radical (unpaired) electrons. The van der Waals surface area contributed by atoms with Gasteiger partial charge in [0.15, 0.2) is 0 Å². The van der Waals surface area contributed by atoms with Crippen LogP contribution < -0.4 is 11.1 Å². The zero-order valence-electron chi connectivity index (χ0n) is 16.3. The van der Waals surface area contributed by atoms with Crippen molar-refractivity contribution in [3.8, 4) is 16.9 Å². The second-order valence-corrected chi connectivity index (χ2v) is 7.79. The van der Waals surface area contributed by atoms with E-state index in [4.69, 9.17) is 5.73 Å². The molecule has 0 bridgehead atoms. The van der Waals surface area contributed by atoms with Crippen molar-refractivity contribution in [3.63, 3.8) is 0 Å². The van der Waals surface area contributed by atoms with Gasteiger partial charge in [0.25, 0.3) is 5.91 Å². The topological polar surface area (TPSA) is 75.3 Å². The van der Waals surface area contributed by atoms with Gasteiger partial charge in [0.1, 0.15) is 5.75 Å². The minimum absolute atomic E-state index is 0.109. The Morgan fingerprint density at radius 1 is 0.929 bits per heavy atom. The van der Waals surface area contributed by atoms with Gasteiger partial charge in [-0.2, -0.15) is 0 Å². The maximum Gasteiger partial charge on any atom is 0.251 e. The summed E-state index contributed by atoms with van der Waals surface area (Å²) in [7, 11) is 0. The summed E-state index contributed by atoms with van der Waals surface area (Å²) in [5, 5.41) is 12.4. The summed E-state index contributed by atoms with van der Waals surface area (Å²) in [5.41, 5.74) is 10.6. The fraction of sp³-hybridized carbons (Fsp3) is 0.208. The van der Waals surface area contributed by atoms with Gasteiger partial charge in [-0.05, 0) is 66.8 Å².